The third kappa shape index (κ3) is 4.53. The number of nitrogen functional groups attached to an aromatic ring is 1. The number of amides is 1. The fourth-order valence-electron chi connectivity index (χ4n) is 1.37. The number of carbonyl (C=O) groups is 1. The quantitative estimate of drug-likeness (QED) is 0.570. The third-order valence-electron chi connectivity index (χ3n) is 2.43. The van der Waals surface area contributed by atoms with E-state index in [9.17, 15) is 4.79 Å². The number of hydrogen-bond donors (Lipinski definition) is 2. The number of benzene rings is 1. The van der Waals surface area contributed by atoms with Gasteiger partial charge < -0.3 is 20.5 Å². The van der Waals surface area contributed by atoms with Crippen LogP contribution < -0.4 is 20.5 Å². The second-order valence-corrected chi connectivity index (χ2v) is 3.90. The molecule has 0 fully saturated rings. The van der Waals surface area contributed by atoms with Crippen molar-refractivity contribution < 1.29 is 14.3 Å². The molecule has 100 valence electrons. The lowest BCUT2D eigenvalue weighted by molar-refractivity contribution is -0.123. The van der Waals surface area contributed by atoms with Gasteiger partial charge in [0.15, 0.2) is 6.61 Å². The van der Waals surface area contributed by atoms with E-state index in [0.717, 1.165) is 12.8 Å². The molecule has 0 aliphatic heterocycles. The van der Waals surface area contributed by atoms with Crippen molar-refractivity contribution in [2.45, 2.75) is 19.8 Å². The Morgan fingerprint density at radius 3 is 2.89 bits per heavy atom. The molecule has 0 saturated carbocycles. The maximum atomic E-state index is 11.4. The molecule has 0 bridgehead atoms. The highest BCUT2D eigenvalue weighted by Gasteiger charge is 2.06. The highest BCUT2D eigenvalue weighted by atomic mass is 16.5. The third-order valence-corrected chi connectivity index (χ3v) is 2.43. The van der Waals surface area contributed by atoms with Gasteiger partial charge in [-0.3, -0.25) is 4.79 Å². The Kier molecular flexibility index (Phi) is 5.84. The summed E-state index contributed by atoms with van der Waals surface area (Å²) in [6.07, 6.45) is 2.01. The first-order valence-corrected chi connectivity index (χ1v) is 6.00. The van der Waals surface area contributed by atoms with Crippen molar-refractivity contribution in [2.24, 2.45) is 0 Å². The number of methoxy groups -OCH3 is 1. The summed E-state index contributed by atoms with van der Waals surface area (Å²) in [7, 11) is 1.56. The monoisotopic (exact) mass is 252 g/mol. The summed E-state index contributed by atoms with van der Waals surface area (Å²) in [6, 6.07) is 5.08. The zero-order chi connectivity index (χ0) is 13.4. The number of hydrogen-bond acceptors (Lipinski definition) is 4. The van der Waals surface area contributed by atoms with E-state index in [1.807, 2.05) is 0 Å². The largest absolute Gasteiger partial charge is 0.497 e. The number of ether oxygens (including phenoxy) is 2. The first-order valence-electron chi connectivity index (χ1n) is 6.00. The van der Waals surface area contributed by atoms with E-state index in [2.05, 4.69) is 12.2 Å². The molecule has 0 atom stereocenters. The van der Waals surface area contributed by atoms with Gasteiger partial charge >= 0.3 is 0 Å². The van der Waals surface area contributed by atoms with Crippen LogP contribution in [-0.2, 0) is 4.79 Å². The van der Waals surface area contributed by atoms with E-state index < -0.39 is 0 Å². The topological polar surface area (TPSA) is 73.6 Å². The summed E-state index contributed by atoms with van der Waals surface area (Å²) in [6.45, 7) is 2.70. The molecule has 0 radical (unpaired) electrons. The smallest absolute Gasteiger partial charge is 0.257 e. The van der Waals surface area contributed by atoms with E-state index >= 15 is 0 Å². The molecule has 0 spiro atoms. The molecular formula is C13H20N2O3. The Labute approximate surface area is 107 Å². The minimum atomic E-state index is -0.148. The van der Waals surface area contributed by atoms with Crippen LogP contribution in [0.1, 0.15) is 19.8 Å². The molecule has 0 saturated heterocycles. The van der Waals surface area contributed by atoms with Crippen LogP contribution in [0.25, 0.3) is 0 Å². The predicted octanol–water partition coefficient (Wildman–Crippen LogP) is 1.57. The summed E-state index contributed by atoms with van der Waals surface area (Å²) in [5.74, 6) is 0.955. The van der Waals surface area contributed by atoms with Gasteiger partial charge in [-0.05, 0) is 18.6 Å². The Balaban J connectivity index is 2.45. The fraction of sp³-hybridized carbons (Fsp3) is 0.462. The van der Waals surface area contributed by atoms with Gasteiger partial charge in [0.2, 0.25) is 0 Å². The average Bonchev–Trinajstić information content (AvgIpc) is 2.38. The van der Waals surface area contributed by atoms with Crippen molar-refractivity contribution in [3.63, 3.8) is 0 Å². The number of nitrogens with two attached hydrogens (primary N) is 1. The second-order valence-electron chi connectivity index (χ2n) is 3.90. The minimum absolute atomic E-state index is 0.0406. The summed E-state index contributed by atoms with van der Waals surface area (Å²) >= 11 is 0. The van der Waals surface area contributed by atoms with Crippen molar-refractivity contribution in [1.82, 2.24) is 5.32 Å². The van der Waals surface area contributed by atoms with Crippen LogP contribution in [0.15, 0.2) is 18.2 Å². The van der Waals surface area contributed by atoms with Gasteiger partial charge in [0, 0.05) is 12.6 Å². The van der Waals surface area contributed by atoms with Crippen LogP contribution in [0.5, 0.6) is 11.5 Å². The Morgan fingerprint density at radius 1 is 1.44 bits per heavy atom. The zero-order valence-electron chi connectivity index (χ0n) is 10.9. The second kappa shape index (κ2) is 7.42. The van der Waals surface area contributed by atoms with Crippen molar-refractivity contribution in [1.29, 1.82) is 0 Å². The zero-order valence-corrected chi connectivity index (χ0v) is 10.9. The molecule has 18 heavy (non-hydrogen) atoms. The molecule has 0 aliphatic rings. The Hall–Kier alpha value is -1.91. The Morgan fingerprint density at radius 2 is 2.22 bits per heavy atom. The van der Waals surface area contributed by atoms with Gasteiger partial charge in [-0.1, -0.05) is 13.3 Å². The number of rotatable bonds is 7. The van der Waals surface area contributed by atoms with E-state index in [-0.39, 0.29) is 12.5 Å². The SMILES string of the molecule is CCCCNC(=O)COc1cc(OC)ccc1N. The van der Waals surface area contributed by atoms with Crippen LogP contribution in [0.2, 0.25) is 0 Å². The molecule has 1 amide bonds. The first-order chi connectivity index (χ1) is 8.67. The van der Waals surface area contributed by atoms with E-state index in [4.69, 9.17) is 15.2 Å². The predicted molar refractivity (Wildman–Crippen MR) is 70.8 cm³/mol. The number of nitrogens with one attached hydrogen (secondary N) is 1. The van der Waals surface area contributed by atoms with Crippen molar-refractivity contribution in [2.75, 3.05) is 26.0 Å². The molecule has 0 heterocycles. The molecule has 0 aliphatic carbocycles. The Bertz CT molecular complexity index is 394. The van der Waals surface area contributed by atoms with Crippen LogP contribution in [0.4, 0.5) is 5.69 Å². The molecular weight excluding hydrogens is 232 g/mol. The highest BCUT2D eigenvalue weighted by Crippen LogP contribution is 2.26. The molecule has 5 nitrogen and oxygen atoms in total. The summed E-state index contributed by atoms with van der Waals surface area (Å²) in [5, 5.41) is 2.77. The number of unbranched alkanes of at least 4 members (excludes halogenated alkanes) is 1. The summed E-state index contributed by atoms with van der Waals surface area (Å²) < 4.78 is 10.4. The van der Waals surface area contributed by atoms with Crippen molar-refractivity contribution in [3.05, 3.63) is 18.2 Å². The molecule has 1 aromatic rings. The van der Waals surface area contributed by atoms with E-state index in [1.165, 1.54) is 0 Å². The summed E-state index contributed by atoms with van der Waals surface area (Å²) in [4.78, 5) is 11.4. The van der Waals surface area contributed by atoms with Gasteiger partial charge in [0.05, 0.1) is 12.8 Å². The van der Waals surface area contributed by atoms with Crippen LogP contribution in [0.3, 0.4) is 0 Å². The van der Waals surface area contributed by atoms with E-state index in [0.29, 0.717) is 23.7 Å². The number of carbonyl (C=O) groups excluding carboxylic acids is 1. The molecule has 3 N–H and O–H groups in total. The molecule has 0 unspecified atom stereocenters. The van der Waals surface area contributed by atoms with Gasteiger partial charge in [0.25, 0.3) is 5.91 Å². The minimum Gasteiger partial charge on any atom is -0.497 e. The lowest BCUT2D eigenvalue weighted by Crippen LogP contribution is -2.29. The highest BCUT2D eigenvalue weighted by molar-refractivity contribution is 5.77. The van der Waals surface area contributed by atoms with Gasteiger partial charge in [0.1, 0.15) is 11.5 Å². The molecule has 5 heteroatoms. The molecule has 1 aromatic carbocycles. The average molecular weight is 252 g/mol. The number of anilines is 1. The lowest BCUT2D eigenvalue weighted by atomic mass is 10.3. The van der Waals surface area contributed by atoms with Crippen molar-refractivity contribution >= 4 is 11.6 Å². The normalized spacial score (nSPS) is 9.89. The van der Waals surface area contributed by atoms with Gasteiger partial charge in [-0.2, -0.15) is 0 Å². The fourth-order valence-corrected chi connectivity index (χ4v) is 1.37. The van der Waals surface area contributed by atoms with Gasteiger partial charge in [-0.15, -0.1) is 0 Å². The van der Waals surface area contributed by atoms with Crippen molar-refractivity contribution in [3.8, 4) is 11.5 Å². The molecule has 1 rings (SSSR count). The van der Waals surface area contributed by atoms with E-state index in [1.54, 1.807) is 25.3 Å². The van der Waals surface area contributed by atoms with Crippen LogP contribution in [-0.4, -0.2) is 26.2 Å². The lowest BCUT2D eigenvalue weighted by Gasteiger charge is -2.10. The van der Waals surface area contributed by atoms with Gasteiger partial charge in [-0.25, -0.2) is 0 Å². The van der Waals surface area contributed by atoms with Crippen LogP contribution in [0, 0.1) is 0 Å². The summed E-state index contributed by atoms with van der Waals surface area (Å²) in [5.41, 5.74) is 6.22. The standard InChI is InChI=1S/C13H20N2O3/c1-3-4-7-15-13(16)9-18-12-8-10(17-2)5-6-11(12)14/h5-6,8H,3-4,7,9,14H2,1-2H3,(H,15,16). The maximum Gasteiger partial charge on any atom is 0.257 e. The van der Waals surface area contributed by atoms with Crippen LogP contribution >= 0.6 is 0 Å². The maximum absolute atomic E-state index is 11.4. The molecule has 0 aromatic heterocycles. The first kappa shape index (κ1) is 14.2.